The molecule has 1 aliphatic heterocycles. The van der Waals surface area contributed by atoms with E-state index in [2.05, 4.69) is 5.10 Å². The van der Waals surface area contributed by atoms with Gasteiger partial charge in [0.2, 0.25) is 15.9 Å². The summed E-state index contributed by atoms with van der Waals surface area (Å²) < 4.78 is 29.7. The predicted octanol–water partition coefficient (Wildman–Crippen LogP) is 2.43. The summed E-state index contributed by atoms with van der Waals surface area (Å²) in [5, 5.41) is 4.24. The number of piperazine rings is 1. The summed E-state index contributed by atoms with van der Waals surface area (Å²) in [6.45, 7) is 2.72. The Balaban J connectivity index is 1.61. The topological polar surface area (TPSA) is 75.5 Å². The second-order valence-corrected chi connectivity index (χ2v) is 9.69. The van der Waals surface area contributed by atoms with E-state index in [0.717, 1.165) is 37.8 Å². The Morgan fingerprint density at radius 2 is 1.79 bits per heavy atom. The maximum absolute atomic E-state index is 13.3. The van der Waals surface area contributed by atoms with Crippen LogP contribution in [-0.2, 0) is 14.8 Å². The Morgan fingerprint density at radius 1 is 1.07 bits per heavy atom. The quantitative estimate of drug-likeness (QED) is 0.790. The molecule has 150 valence electrons. The number of hydrogen-bond donors (Lipinski definition) is 0. The SMILES string of the molecule is CC(=O)N1CCN(S(=O)(=O)c2cnn(-c3ccccc3)c2)CC12CCCCC2. The van der Waals surface area contributed by atoms with Gasteiger partial charge in [0.1, 0.15) is 4.90 Å². The first kappa shape index (κ1) is 19.1. The molecule has 1 aromatic heterocycles. The molecule has 2 fully saturated rings. The van der Waals surface area contributed by atoms with Gasteiger partial charge in [0.25, 0.3) is 0 Å². The fourth-order valence-electron chi connectivity index (χ4n) is 4.59. The van der Waals surface area contributed by atoms with Crippen molar-refractivity contribution in [3.8, 4) is 5.69 Å². The van der Waals surface area contributed by atoms with Crippen molar-refractivity contribution >= 4 is 15.9 Å². The van der Waals surface area contributed by atoms with Crippen LogP contribution in [0.3, 0.4) is 0 Å². The van der Waals surface area contributed by atoms with E-state index in [0.29, 0.717) is 19.6 Å². The number of nitrogens with zero attached hydrogens (tertiary/aromatic N) is 4. The lowest BCUT2D eigenvalue weighted by atomic mass is 9.79. The second kappa shape index (κ2) is 7.33. The van der Waals surface area contributed by atoms with E-state index in [1.165, 1.54) is 6.20 Å². The average molecular weight is 403 g/mol. The van der Waals surface area contributed by atoms with Crippen LogP contribution in [-0.4, -0.2) is 58.5 Å². The summed E-state index contributed by atoms with van der Waals surface area (Å²) in [5.74, 6) is 0.0378. The van der Waals surface area contributed by atoms with Gasteiger partial charge < -0.3 is 4.90 Å². The molecule has 1 saturated carbocycles. The van der Waals surface area contributed by atoms with Crippen LogP contribution in [0.15, 0.2) is 47.6 Å². The summed E-state index contributed by atoms with van der Waals surface area (Å²) in [6.07, 6.45) is 7.91. The van der Waals surface area contributed by atoms with Gasteiger partial charge in [0.05, 0.1) is 23.6 Å². The van der Waals surface area contributed by atoms with E-state index in [1.807, 2.05) is 35.2 Å². The van der Waals surface area contributed by atoms with Crippen LogP contribution in [0.2, 0.25) is 0 Å². The van der Waals surface area contributed by atoms with Crippen LogP contribution in [0, 0.1) is 0 Å². The van der Waals surface area contributed by atoms with Crippen LogP contribution in [0.1, 0.15) is 39.0 Å². The minimum Gasteiger partial charge on any atom is -0.335 e. The summed E-state index contributed by atoms with van der Waals surface area (Å²) in [6, 6.07) is 9.44. The molecule has 0 N–H and O–H groups in total. The fourth-order valence-corrected chi connectivity index (χ4v) is 6.03. The smallest absolute Gasteiger partial charge is 0.246 e. The predicted molar refractivity (Wildman–Crippen MR) is 106 cm³/mol. The second-order valence-electron chi connectivity index (χ2n) is 7.75. The van der Waals surface area contributed by atoms with Gasteiger partial charge in [-0.25, -0.2) is 13.1 Å². The van der Waals surface area contributed by atoms with Gasteiger partial charge in [-0.15, -0.1) is 0 Å². The molecule has 2 aliphatic rings. The molecular formula is C20H26N4O3S. The number of carbonyl (C=O) groups excluding carboxylic acids is 1. The maximum atomic E-state index is 13.3. The highest BCUT2D eigenvalue weighted by molar-refractivity contribution is 7.89. The number of hydrogen-bond acceptors (Lipinski definition) is 4. The third-order valence-electron chi connectivity index (χ3n) is 6.00. The molecule has 0 bridgehead atoms. The third kappa shape index (κ3) is 3.35. The molecule has 8 heteroatoms. The van der Waals surface area contributed by atoms with E-state index >= 15 is 0 Å². The highest BCUT2D eigenvalue weighted by Crippen LogP contribution is 2.38. The Morgan fingerprint density at radius 3 is 2.46 bits per heavy atom. The van der Waals surface area contributed by atoms with E-state index in [9.17, 15) is 13.2 Å². The zero-order valence-electron chi connectivity index (χ0n) is 16.1. The highest BCUT2D eigenvalue weighted by Gasteiger charge is 2.46. The summed E-state index contributed by atoms with van der Waals surface area (Å²) in [7, 11) is -3.66. The van der Waals surface area contributed by atoms with Crippen LogP contribution in [0.4, 0.5) is 0 Å². The first-order valence-corrected chi connectivity index (χ1v) is 11.2. The molecule has 7 nitrogen and oxygen atoms in total. The van der Waals surface area contributed by atoms with Crippen molar-refractivity contribution in [1.82, 2.24) is 19.0 Å². The molecule has 1 spiro atoms. The van der Waals surface area contributed by atoms with Gasteiger partial charge in [0.15, 0.2) is 0 Å². The van der Waals surface area contributed by atoms with Crippen molar-refractivity contribution in [2.75, 3.05) is 19.6 Å². The van der Waals surface area contributed by atoms with Crippen molar-refractivity contribution in [1.29, 1.82) is 0 Å². The standard InChI is InChI=1S/C20H26N4O3S/c1-17(25)23-13-12-22(16-20(23)10-6-3-7-11-20)28(26,27)19-14-21-24(15-19)18-8-4-2-5-9-18/h2,4-5,8-9,14-15H,3,6-7,10-13,16H2,1H3. The molecule has 2 heterocycles. The molecule has 0 radical (unpaired) electrons. The van der Waals surface area contributed by atoms with Gasteiger partial charge in [-0.2, -0.15) is 9.40 Å². The molecule has 1 saturated heterocycles. The van der Waals surface area contributed by atoms with Crippen molar-refractivity contribution < 1.29 is 13.2 Å². The van der Waals surface area contributed by atoms with E-state index in [-0.39, 0.29) is 16.3 Å². The molecule has 4 rings (SSSR count). The Bertz CT molecular complexity index is 949. The number of rotatable bonds is 3. The van der Waals surface area contributed by atoms with Crippen molar-refractivity contribution in [2.45, 2.75) is 49.5 Å². The Kier molecular flexibility index (Phi) is 5.01. The third-order valence-corrected chi connectivity index (χ3v) is 7.80. The number of benzene rings is 1. The van der Waals surface area contributed by atoms with Crippen molar-refractivity contribution in [2.24, 2.45) is 0 Å². The first-order chi connectivity index (χ1) is 13.4. The van der Waals surface area contributed by atoms with Gasteiger partial charge in [-0.3, -0.25) is 4.79 Å². The Hall–Kier alpha value is -2.19. The number of para-hydroxylation sites is 1. The summed E-state index contributed by atoms with van der Waals surface area (Å²) in [5.41, 5.74) is 0.444. The van der Waals surface area contributed by atoms with Gasteiger partial charge in [-0.05, 0) is 25.0 Å². The fraction of sp³-hybridized carbons (Fsp3) is 0.500. The van der Waals surface area contributed by atoms with Crippen molar-refractivity contribution in [3.63, 3.8) is 0 Å². The van der Waals surface area contributed by atoms with Crippen LogP contribution in [0.25, 0.3) is 5.69 Å². The minimum atomic E-state index is -3.66. The normalized spacial score (nSPS) is 20.4. The lowest BCUT2D eigenvalue weighted by Crippen LogP contribution is -2.64. The summed E-state index contributed by atoms with van der Waals surface area (Å²) in [4.78, 5) is 14.3. The van der Waals surface area contributed by atoms with Crippen LogP contribution in [0.5, 0.6) is 0 Å². The molecule has 1 amide bonds. The molecule has 0 unspecified atom stereocenters. The monoisotopic (exact) mass is 402 g/mol. The number of aromatic nitrogens is 2. The number of carbonyl (C=O) groups is 1. The van der Waals surface area contributed by atoms with Crippen molar-refractivity contribution in [3.05, 3.63) is 42.7 Å². The summed E-state index contributed by atoms with van der Waals surface area (Å²) >= 11 is 0. The molecular weight excluding hydrogens is 376 g/mol. The molecule has 1 aromatic carbocycles. The minimum absolute atomic E-state index is 0.0378. The van der Waals surface area contributed by atoms with Crippen LogP contribution < -0.4 is 0 Å². The molecule has 2 aromatic rings. The molecule has 28 heavy (non-hydrogen) atoms. The van der Waals surface area contributed by atoms with Gasteiger partial charge in [-0.1, -0.05) is 37.5 Å². The average Bonchev–Trinajstić information content (AvgIpc) is 3.20. The van der Waals surface area contributed by atoms with E-state index in [4.69, 9.17) is 0 Å². The van der Waals surface area contributed by atoms with Gasteiger partial charge in [0, 0.05) is 26.6 Å². The number of amides is 1. The Labute approximate surface area is 166 Å². The van der Waals surface area contributed by atoms with E-state index < -0.39 is 10.0 Å². The zero-order chi connectivity index (χ0) is 19.8. The zero-order valence-corrected chi connectivity index (χ0v) is 16.9. The largest absolute Gasteiger partial charge is 0.335 e. The lowest BCUT2D eigenvalue weighted by Gasteiger charge is -2.52. The van der Waals surface area contributed by atoms with Crippen LogP contribution >= 0.6 is 0 Å². The molecule has 0 atom stereocenters. The van der Waals surface area contributed by atoms with E-state index in [1.54, 1.807) is 22.1 Å². The highest BCUT2D eigenvalue weighted by atomic mass is 32.2. The maximum Gasteiger partial charge on any atom is 0.246 e. The van der Waals surface area contributed by atoms with Gasteiger partial charge >= 0.3 is 0 Å². The molecule has 1 aliphatic carbocycles. The lowest BCUT2D eigenvalue weighted by molar-refractivity contribution is -0.140. The number of sulfonamides is 1. The first-order valence-electron chi connectivity index (χ1n) is 9.81.